The topological polar surface area (TPSA) is 55.1 Å². The van der Waals surface area contributed by atoms with Crippen LogP contribution < -0.4 is 11.1 Å². The Bertz CT molecular complexity index is 473. The SMILES string of the molecule is CC(N)(C(=O)Nc1ccc(Br)c(F)c1)C(F)(F)F. The van der Waals surface area contributed by atoms with Gasteiger partial charge in [-0.3, -0.25) is 4.79 Å². The van der Waals surface area contributed by atoms with E-state index in [9.17, 15) is 22.4 Å². The number of nitrogens with two attached hydrogens (primary N) is 1. The van der Waals surface area contributed by atoms with Crippen LogP contribution in [0.5, 0.6) is 0 Å². The van der Waals surface area contributed by atoms with Crippen LogP contribution in [0.25, 0.3) is 0 Å². The molecule has 0 aliphatic rings. The third-order valence-corrected chi connectivity index (χ3v) is 2.88. The molecule has 3 nitrogen and oxygen atoms in total. The molecule has 8 heteroatoms. The number of amides is 1. The van der Waals surface area contributed by atoms with E-state index in [-0.39, 0.29) is 10.2 Å². The molecule has 1 unspecified atom stereocenters. The van der Waals surface area contributed by atoms with E-state index >= 15 is 0 Å². The summed E-state index contributed by atoms with van der Waals surface area (Å²) < 4.78 is 50.6. The lowest BCUT2D eigenvalue weighted by Crippen LogP contribution is -2.59. The average molecular weight is 329 g/mol. The van der Waals surface area contributed by atoms with E-state index in [1.54, 1.807) is 0 Å². The molecule has 0 fully saturated rings. The van der Waals surface area contributed by atoms with E-state index in [0.29, 0.717) is 6.92 Å². The van der Waals surface area contributed by atoms with Crippen molar-refractivity contribution in [1.82, 2.24) is 0 Å². The van der Waals surface area contributed by atoms with Crippen molar-refractivity contribution in [2.75, 3.05) is 5.32 Å². The van der Waals surface area contributed by atoms with Gasteiger partial charge in [0, 0.05) is 5.69 Å². The van der Waals surface area contributed by atoms with Crippen LogP contribution >= 0.6 is 15.9 Å². The molecule has 1 rings (SSSR count). The van der Waals surface area contributed by atoms with E-state index in [1.807, 2.05) is 5.32 Å². The van der Waals surface area contributed by atoms with Gasteiger partial charge in [-0.2, -0.15) is 13.2 Å². The molecule has 3 N–H and O–H groups in total. The van der Waals surface area contributed by atoms with Crippen molar-refractivity contribution >= 4 is 27.5 Å². The monoisotopic (exact) mass is 328 g/mol. The summed E-state index contributed by atoms with van der Waals surface area (Å²) in [5.41, 5.74) is 1.76. The van der Waals surface area contributed by atoms with Crippen molar-refractivity contribution in [2.45, 2.75) is 18.6 Å². The highest BCUT2D eigenvalue weighted by Crippen LogP contribution is 2.29. The van der Waals surface area contributed by atoms with Gasteiger partial charge in [0.05, 0.1) is 4.47 Å². The fourth-order valence-electron chi connectivity index (χ4n) is 0.964. The number of hydrogen-bond acceptors (Lipinski definition) is 2. The Balaban J connectivity index is 2.91. The second-order valence-corrected chi connectivity index (χ2v) is 4.64. The molecule has 0 bridgehead atoms. The molecule has 0 saturated heterocycles. The van der Waals surface area contributed by atoms with Crippen LogP contribution in [-0.4, -0.2) is 17.6 Å². The lowest BCUT2D eigenvalue weighted by molar-refractivity contribution is -0.184. The maximum Gasteiger partial charge on any atom is 0.415 e. The van der Waals surface area contributed by atoms with E-state index in [1.165, 1.54) is 12.1 Å². The standard InChI is InChI=1S/C10H9BrF4N2O/c1-9(16,10(13,14)15)8(18)17-5-2-3-6(11)7(12)4-5/h2-4H,16H2,1H3,(H,17,18). The van der Waals surface area contributed by atoms with E-state index in [2.05, 4.69) is 15.9 Å². The third-order valence-electron chi connectivity index (χ3n) is 2.24. The van der Waals surface area contributed by atoms with Crippen LogP contribution in [0.3, 0.4) is 0 Å². The minimum Gasteiger partial charge on any atom is -0.324 e. The van der Waals surface area contributed by atoms with Gasteiger partial charge in [-0.05, 0) is 41.1 Å². The number of halogens is 5. The zero-order chi connectivity index (χ0) is 14.1. The number of benzene rings is 1. The molecular weight excluding hydrogens is 320 g/mol. The highest BCUT2D eigenvalue weighted by Gasteiger charge is 2.53. The van der Waals surface area contributed by atoms with Crippen LogP contribution in [0.1, 0.15) is 6.92 Å². The quantitative estimate of drug-likeness (QED) is 0.820. The van der Waals surface area contributed by atoms with Crippen molar-refractivity contribution in [3.05, 3.63) is 28.5 Å². The molecule has 100 valence electrons. The molecule has 1 amide bonds. The highest BCUT2D eigenvalue weighted by atomic mass is 79.9. The van der Waals surface area contributed by atoms with Crippen LogP contribution in [0, 0.1) is 5.82 Å². The Labute approximate surface area is 108 Å². The van der Waals surface area contributed by atoms with Crippen molar-refractivity contribution < 1.29 is 22.4 Å². The Morgan fingerprint density at radius 1 is 1.39 bits per heavy atom. The summed E-state index contributed by atoms with van der Waals surface area (Å²) in [5, 5.41) is 1.91. The molecule has 0 aromatic heterocycles. The normalized spacial score (nSPS) is 15.1. The molecule has 1 aromatic rings. The van der Waals surface area contributed by atoms with Gasteiger partial charge in [-0.15, -0.1) is 0 Å². The molecule has 0 spiro atoms. The minimum absolute atomic E-state index is 0.110. The summed E-state index contributed by atoms with van der Waals surface area (Å²) in [6.45, 7) is 0.539. The number of carbonyl (C=O) groups excluding carboxylic acids is 1. The van der Waals surface area contributed by atoms with Crippen LogP contribution in [0.4, 0.5) is 23.2 Å². The lowest BCUT2D eigenvalue weighted by atomic mass is 10.0. The molecule has 1 atom stereocenters. The van der Waals surface area contributed by atoms with E-state index in [4.69, 9.17) is 5.73 Å². The zero-order valence-corrected chi connectivity index (χ0v) is 10.7. The maximum absolute atomic E-state index is 13.1. The number of nitrogens with one attached hydrogen (secondary N) is 1. The van der Waals surface area contributed by atoms with E-state index < -0.39 is 23.4 Å². The summed E-state index contributed by atoms with van der Waals surface area (Å²) >= 11 is 2.87. The Kier molecular flexibility index (Phi) is 4.02. The molecular formula is C10H9BrF4N2O. The minimum atomic E-state index is -4.90. The second-order valence-electron chi connectivity index (χ2n) is 3.78. The largest absolute Gasteiger partial charge is 0.415 e. The fourth-order valence-corrected chi connectivity index (χ4v) is 1.21. The Morgan fingerprint density at radius 2 is 1.94 bits per heavy atom. The summed E-state index contributed by atoms with van der Waals surface area (Å²) in [6, 6.07) is 3.39. The summed E-state index contributed by atoms with van der Waals surface area (Å²) in [6.07, 6.45) is -4.90. The van der Waals surface area contributed by atoms with Crippen molar-refractivity contribution in [3.8, 4) is 0 Å². The molecule has 0 heterocycles. The van der Waals surface area contributed by atoms with Gasteiger partial charge in [-0.1, -0.05) is 0 Å². The number of rotatable bonds is 2. The maximum atomic E-state index is 13.1. The van der Waals surface area contributed by atoms with Crippen molar-refractivity contribution in [1.29, 1.82) is 0 Å². The van der Waals surface area contributed by atoms with Gasteiger partial charge in [0.1, 0.15) is 5.82 Å². The number of carbonyl (C=O) groups is 1. The van der Waals surface area contributed by atoms with Crippen molar-refractivity contribution in [3.63, 3.8) is 0 Å². The van der Waals surface area contributed by atoms with Crippen molar-refractivity contribution in [2.24, 2.45) is 5.73 Å². The summed E-state index contributed by atoms with van der Waals surface area (Å²) in [5.74, 6) is -2.17. The summed E-state index contributed by atoms with van der Waals surface area (Å²) in [4.78, 5) is 11.4. The van der Waals surface area contributed by atoms with Gasteiger partial charge in [0.15, 0.2) is 5.54 Å². The van der Waals surface area contributed by atoms with Crippen LogP contribution in [-0.2, 0) is 4.79 Å². The number of alkyl halides is 3. The van der Waals surface area contributed by atoms with Crippen LogP contribution in [0.2, 0.25) is 0 Å². The Morgan fingerprint density at radius 3 is 2.39 bits per heavy atom. The molecule has 0 saturated carbocycles. The van der Waals surface area contributed by atoms with E-state index in [0.717, 1.165) is 6.07 Å². The Hall–Kier alpha value is -1.15. The molecule has 0 aliphatic carbocycles. The number of anilines is 1. The summed E-state index contributed by atoms with van der Waals surface area (Å²) in [7, 11) is 0. The first-order chi connectivity index (χ1) is 8.05. The molecule has 18 heavy (non-hydrogen) atoms. The molecule has 0 radical (unpaired) electrons. The fraction of sp³-hybridized carbons (Fsp3) is 0.300. The predicted molar refractivity (Wildman–Crippen MR) is 61.4 cm³/mol. The molecule has 1 aromatic carbocycles. The third kappa shape index (κ3) is 2.99. The van der Waals surface area contributed by atoms with Gasteiger partial charge in [0.2, 0.25) is 0 Å². The zero-order valence-electron chi connectivity index (χ0n) is 9.11. The van der Waals surface area contributed by atoms with Crippen LogP contribution in [0.15, 0.2) is 22.7 Å². The first-order valence-corrected chi connectivity index (χ1v) is 5.47. The highest BCUT2D eigenvalue weighted by molar-refractivity contribution is 9.10. The first kappa shape index (κ1) is 14.9. The van der Waals surface area contributed by atoms with Gasteiger partial charge < -0.3 is 11.1 Å². The average Bonchev–Trinajstić information content (AvgIpc) is 2.21. The predicted octanol–water partition coefficient (Wildman–Crippen LogP) is 2.81. The second kappa shape index (κ2) is 4.85. The first-order valence-electron chi connectivity index (χ1n) is 4.68. The lowest BCUT2D eigenvalue weighted by Gasteiger charge is -2.26. The molecule has 0 aliphatic heterocycles. The van der Waals surface area contributed by atoms with Gasteiger partial charge >= 0.3 is 6.18 Å². The van der Waals surface area contributed by atoms with Gasteiger partial charge in [0.25, 0.3) is 5.91 Å². The smallest absolute Gasteiger partial charge is 0.324 e. The number of hydrogen-bond donors (Lipinski definition) is 2. The van der Waals surface area contributed by atoms with Gasteiger partial charge in [-0.25, -0.2) is 4.39 Å².